The van der Waals surface area contributed by atoms with Crippen molar-refractivity contribution < 1.29 is 9.53 Å². The number of para-hydroxylation sites is 1. The Morgan fingerprint density at radius 2 is 1.91 bits per heavy atom. The Labute approximate surface area is 203 Å². The Hall–Kier alpha value is -3.73. The van der Waals surface area contributed by atoms with Crippen molar-refractivity contribution in [3.63, 3.8) is 0 Å². The molecule has 6 nitrogen and oxygen atoms in total. The Morgan fingerprint density at radius 1 is 1.15 bits per heavy atom. The van der Waals surface area contributed by atoms with Crippen LogP contribution < -0.4 is 10.2 Å². The van der Waals surface area contributed by atoms with Crippen LogP contribution in [0, 0.1) is 11.3 Å². The van der Waals surface area contributed by atoms with Crippen molar-refractivity contribution in [1.29, 1.82) is 5.26 Å². The van der Waals surface area contributed by atoms with Crippen LogP contribution in [0.1, 0.15) is 15.9 Å². The number of aromatic nitrogens is 1. The van der Waals surface area contributed by atoms with Gasteiger partial charge in [-0.1, -0.05) is 60.1 Å². The van der Waals surface area contributed by atoms with Crippen molar-refractivity contribution in [2.45, 2.75) is 0 Å². The first-order valence-electron chi connectivity index (χ1n) is 9.84. The number of ether oxygens (including phenoxy) is 1. The van der Waals surface area contributed by atoms with Crippen LogP contribution in [-0.2, 0) is 0 Å². The van der Waals surface area contributed by atoms with Gasteiger partial charge in [0.2, 0.25) is 0 Å². The van der Waals surface area contributed by atoms with Gasteiger partial charge in [-0.3, -0.25) is 4.79 Å². The number of nitriles is 1. The second-order valence-corrected chi connectivity index (χ2v) is 8.16. The fourth-order valence-electron chi connectivity index (χ4n) is 3.24. The molecule has 4 rings (SSSR count). The van der Waals surface area contributed by atoms with Gasteiger partial charge in [-0.25, -0.2) is 10.4 Å². The maximum absolute atomic E-state index is 13.0. The van der Waals surface area contributed by atoms with Gasteiger partial charge in [-0.05, 0) is 45.8 Å². The maximum Gasteiger partial charge on any atom is 0.272 e. The summed E-state index contributed by atoms with van der Waals surface area (Å²) in [5, 5.41) is 13.8. The van der Waals surface area contributed by atoms with Gasteiger partial charge in [0.05, 0.1) is 32.5 Å². The lowest BCUT2D eigenvalue weighted by atomic mass is 10.0. The molecule has 33 heavy (non-hydrogen) atoms. The highest BCUT2D eigenvalue weighted by atomic mass is 79.9. The molecule has 0 saturated carbocycles. The number of carbonyl (C=O) groups is 1. The van der Waals surface area contributed by atoms with Crippen molar-refractivity contribution in [3.05, 3.63) is 93.4 Å². The molecule has 162 valence electrons. The molecule has 1 heterocycles. The zero-order valence-electron chi connectivity index (χ0n) is 17.1. The number of hydrogen-bond donors (Lipinski definition) is 1. The van der Waals surface area contributed by atoms with Crippen LogP contribution in [0.5, 0.6) is 5.75 Å². The van der Waals surface area contributed by atoms with Crippen LogP contribution in [0.4, 0.5) is 0 Å². The number of amides is 1. The molecule has 3 aromatic carbocycles. The fraction of sp³-hybridized carbons (Fsp3) is 0.0400. The molecule has 1 amide bonds. The molecule has 8 heteroatoms. The van der Waals surface area contributed by atoms with Crippen LogP contribution in [0.3, 0.4) is 0 Å². The molecule has 0 aliphatic carbocycles. The van der Waals surface area contributed by atoms with E-state index in [0.717, 1.165) is 16.5 Å². The molecule has 0 radical (unpaired) electrons. The minimum atomic E-state index is -0.360. The Kier molecular flexibility index (Phi) is 6.98. The van der Waals surface area contributed by atoms with E-state index >= 15 is 0 Å². The molecule has 4 aromatic rings. The SMILES string of the molecule is N#CCOc1c(Cl)cc(/C=N/NC(=O)c2cc(-c3ccccc3)nc3ccccc23)cc1Br. The molecule has 0 fully saturated rings. The van der Waals surface area contributed by atoms with E-state index in [2.05, 4.69) is 26.5 Å². The maximum atomic E-state index is 13.0. The smallest absolute Gasteiger partial charge is 0.272 e. The van der Waals surface area contributed by atoms with Crippen LogP contribution >= 0.6 is 27.5 Å². The molecule has 1 aromatic heterocycles. The molecule has 0 bridgehead atoms. The summed E-state index contributed by atoms with van der Waals surface area (Å²) in [5.74, 6) is 0.0114. The van der Waals surface area contributed by atoms with Gasteiger partial charge in [0.1, 0.15) is 6.07 Å². The van der Waals surface area contributed by atoms with E-state index in [0.29, 0.717) is 32.1 Å². The summed E-state index contributed by atoms with van der Waals surface area (Å²) in [6.07, 6.45) is 1.48. The van der Waals surface area contributed by atoms with E-state index in [-0.39, 0.29) is 12.5 Å². The number of nitrogens with zero attached hydrogens (tertiary/aromatic N) is 3. The van der Waals surface area contributed by atoms with Gasteiger partial charge in [-0.15, -0.1) is 0 Å². The van der Waals surface area contributed by atoms with Gasteiger partial charge in [0, 0.05) is 10.9 Å². The Bertz CT molecular complexity index is 1380. The summed E-state index contributed by atoms with van der Waals surface area (Å²) >= 11 is 9.60. The van der Waals surface area contributed by atoms with Gasteiger partial charge < -0.3 is 4.74 Å². The van der Waals surface area contributed by atoms with Crippen molar-refractivity contribution in [3.8, 4) is 23.1 Å². The summed E-state index contributed by atoms with van der Waals surface area (Å²) in [6, 6.07) is 24.2. The van der Waals surface area contributed by atoms with Crippen molar-refractivity contribution >= 4 is 50.6 Å². The predicted octanol–water partition coefficient (Wildman–Crippen LogP) is 5.98. The number of nitrogens with one attached hydrogen (secondary N) is 1. The molecule has 0 aliphatic rings. The summed E-state index contributed by atoms with van der Waals surface area (Å²) < 4.78 is 5.88. The summed E-state index contributed by atoms with van der Waals surface area (Å²) in [4.78, 5) is 17.7. The zero-order valence-corrected chi connectivity index (χ0v) is 19.5. The van der Waals surface area contributed by atoms with Crippen LogP contribution in [0.25, 0.3) is 22.2 Å². The Morgan fingerprint density at radius 3 is 2.67 bits per heavy atom. The molecular formula is C25H16BrClN4O2. The summed E-state index contributed by atoms with van der Waals surface area (Å²) in [7, 11) is 0. The van der Waals surface area contributed by atoms with Crippen molar-refractivity contribution in [2.75, 3.05) is 6.61 Å². The van der Waals surface area contributed by atoms with E-state index in [4.69, 9.17) is 26.6 Å². The average molecular weight is 520 g/mol. The normalized spacial score (nSPS) is 10.8. The lowest BCUT2D eigenvalue weighted by Crippen LogP contribution is -2.18. The minimum absolute atomic E-state index is 0.118. The third kappa shape index (κ3) is 5.20. The van der Waals surface area contributed by atoms with Crippen molar-refractivity contribution in [1.82, 2.24) is 10.4 Å². The van der Waals surface area contributed by atoms with Gasteiger partial charge >= 0.3 is 0 Å². The van der Waals surface area contributed by atoms with E-state index in [1.165, 1.54) is 6.21 Å². The second kappa shape index (κ2) is 10.3. The van der Waals surface area contributed by atoms with E-state index in [9.17, 15) is 4.79 Å². The first-order valence-corrected chi connectivity index (χ1v) is 11.0. The number of benzene rings is 3. The number of rotatable bonds is 6. The highest BCUT2D eigenvalue weighted by Gasteiger charge is 2.14. The first-order chi connectivity index (χ1) is 16.1. The fourth-order valence-corrected chi connectivity index (χ4v) is 4.23. The molecule has 0 saturated heterocycles. The van der Waals surface area contributed by atoms with E-state index in [1.54, 1.807) is 18.2 Å². The van der Waals surface area contributed by atoms with Gasteiger partial charge in [0.25, 0.3) is 5.91 Å². The number of hydrogen-bond acceptors (Lipinski definition) is 5. The topological polar surface area (TPSA) is 87.4 Å². The monoisotopic (exact) mass is 518 g/mol. The van der Waals surface area contributed by atoms with Crippen LogP contribution in [-0.4, -0.2) is 23.7 Å². The Balaban J connectivity index is 1.60. The lowest BCUT2D eigenvalue weighted by Gasteiger charge is -2.09. The summed E-state index contributed by atoms with van der Waals surface area (Å²) in [6.45, 7) is -0.118. The van der Waals surface area contributed by atoms with E-state index in [1.807, 2.05) is 60.7 Å². The van der Waals surface area contributed by atoms with Crippen LogP contribution in [0.15, 0.2) is 82.4 Å². The number of hydrazone groups is 1. The number of pyridine rings is 1. The van der Waals surface area contributed by atoms with E-state index < -0.39 is 0 Å². The lowest BCUT2D eigenvalue weighted by molar-refractivity contribution is 0.0956. The third-order valence-electron chi connectivity index (χ3n) is 4.71. The minimum Gasteiger partial charge on any atom is -0.476 e. The zero-order chi connectivity index (χ0) is 23.2. The number of carbonyl (C=O) groups excluding carboxylic acids is 1. The second-order valence-electron chi connectivity index (χ2n) is 6.90. The standard InChI is InChI=1S/C25H16BrClN4O2/c26-20-12-16(13-21(27)24(20)33-11-10-28)15-29-31-25(32)19-14-23(17-6-2-1-3-7-17)30-22-9-5-4-8-18(19)22/h1-9,12-15H,11H2,(H,31,32)/b29-15+. The molecule has 0 unspecified atom stereocenters. The molecular weight excluding hydrogens is 504 g/mol. The number of halogens is 2. The quantitative estimate of drug-likeness (QED) is 0.251. The molecule has 0 aliphatic heterocycles. The molecule has 1 N–H and O–H groups in total. The largest absolute Gasteiger partial charge is 0.476 e. The molecule has 0 atom stereocenters. The van der Waals surface area contributed by atoms with Gasteiger partial charge in [-0.2, -0.15) is 10.4 Å². The highest BCUT2D eigenvalue weighted by molar-refractivity contribution is 9.10. The van der Waals surface area contributed by atoms with Crippen LogP contribution in [0.2, 0.25) is 5.02 Å². The van der Waals surface area contributed by atoms with Crippen molar-refractivity contribution in [2.24, 2.45) is 5.10 Å². The van der Waals surface area contributed by atoms with Gasteiger partial charge in [0.15, 0.2) is 12.4 Å². The number of fused-ring (bicyclic) bond motifs is 1. The molecule has 0 spiro atoms. The highest BCUT2D eigenvalue weighted by Crippen LogP contribution is 2.34. The predicted molar refractivity (Wildman–Crippen MR) is 132 cm³/mol. The average Bonchev–Trinajstić information content (AvgIpc) is 2.83. The third-order valence-corrected chi connectivity index (χ3v) is 5.58. The first kappa shape index (κ1) is 22.5. The summed E-state index contributed by atoms with van der Waals surface area (Å²) in [5.41, 5.74) is 6.02.